The summed E-state index contributed by atoms with van der Waals surface area (Å²) >= 11 is 0. The summed E-state index contributed by atoms with van der Waals surface area (Å²) in [6.45, 7) is 21.1. The molecule has 0 radical (unpaired) electrons. The van der Waals surface area contributed by atoms with Crippen molar-refractivity contribution in [3.8, 4) is 0 Å². The Labute approximate surface area is 465 Å². The van der Waals surface area contributed by atoms with Gasteiger partial charge < -0.3 is 111 Å². The van der Waals surface area contributed by atoms with E-state index in [0.29, 0.717) is 52.6 Å². The van der Waals surface area contributed by atoms with E-state index in [-0.39, 0.29) is 12.1 Å². The largest absolute Gasteiger partial charge is 0.502 e. The maximum atomic E-state index is 8.56. The van der Waals surface area contributed by atoms with Crippen molar-refractivity contribution >= 4 is 52.8 Å². The highest BCUT2D eigenvalue weighted by atomic mass is 28.4. The van der Waals surface area contributed by atoms with Crippen LogP contribution < -0.4 is 0 Å². The van der Waals surface area contributed by atoms with Gasteiger partial charge in [-0.25, -0.2) is 0 Å². The first-order valence-electron chi connectivity index (χ1n) is 26.1. The standard InChI is InChI=1S/C11H27NO3Si.C10H25NO3Si.C8H21NO3Si.C7H19NO3Si.C5H15NO3Si.C4H13NO3Si/c1-6-13-16(14-7-2,15-8-3)11-9-10-12(4)5;1-6-12-15(13-7-2,14-8-3)10-9-11(4)5;1-9(2)7-6-8-13(10-3,11-4)12-5;1-8(2)6-7-12(9-3,10-4)11-5;1-6(2)4-3-5-10(7,8)9;1-5(2)3-4-9(6,7)8/h6-11H2,1-5H3;6-10H2,1-5H3;6-8H2,1-5H3;6-7H2,1-5H3;7-9H,3-5H2,1-2H3;6-8H,3-4H2,1-2H3. The summed E-state index contributed by atoms with van der Waals surface area (Å²) in [7, 11) is 16.7. The molecule has 0 aromatic carbocycles. The fraction of sp³-hybridized carbons (Fsp3) is 1.00. The summed E-state index contributed by atoms with van der Waals surface area (Å²) in [5, 5.41) is 0. The van der Waals surface area contributed by atoms with Crippen molar-refractivity contribution in [1.82, 2.24) is 29.4 Å². The van der Waals surface area contributed by atoms with E-state index in [0.717, 1.165) is 69.7 Å². The summed E-state index contributed by atoms with van der Waals surface area (Å²) in [6.07, 6.45) is 2.72. The molecule has 0 saturated heterocycles. The molecule has 462 valence electrons. The first-order chi connectivity index (χ1) is 34.7. The van der Waals surface area contributed by atoms with Crippen LogP contribution in [0.3, 0.4) is 0 Å². The molecule has 75 heavy (non-hydrogen) atoms. The summed E-state index contributed by atoms with van der Waals surface area (Å²) in [5.74, 6) is 0. The first-order valence-corrected chi connectivity index (χ1v) is 37.9. The van der Waals surface area contributed by atoms with Crippen LogP contribution in [0.15, 0.2) is 0 Å². The van der Waals surface area contributed by atoms with Gasteiger partial charge in [0.15, 0.2) is 0 Å². The Morgan fingerprint density at radius 1 is 0.253 bits per heavy atom. The second kappa shape index (κ2) is 52.4. The lowest BCUT2D eigenvalue weighted by molar-refractivity contribution is 0.0690. The van der Waals surface area contributed by atoms with Crippen LogP contribution in [0.5, 0.6) is 0 Å². The molecular weight excluding hydrogens is 1080 g/mol. The molecule has 6 N–H and O–H groups in total. The lowest BCUT2D eigenvalue weighted by Gasteiger charge is -2.29. The van der Waals surface area contributed by atoms with Gasteiger partial charge in [-0.3, -0.25) is 0 Å². The highest BCUT2D eigenvalue weighted by Crippen LogP contribution is 2.19. The van der Waals surface area contributed by atoms with E-state index in [1.807, 2.05) is 88.7 Å². The minimum Gasteiger partial charge on any atom is -0.390 e. The molecule has 0 heterocycles. The van der Waals surface area contributed by atoms with Crippen molar-refractivity contribution in [3.63, 3.8) is 0 Å². The molecular formula is C45H120N6O18Si6. The summed E-state index contributed by atoms with van der Waals surface area (Å²) < 4.78 is 66.1. The molecule has 0 aliphatic heterocycles. The molecule has 0 atom stereocenters. The van der Waals surface area contributed by atoms with Crippen LogP contribution >= 0.6 is 0 Å². The highest BCUT2D eigenvalue weighted by molar-refractivity contribution is 6.62. The zero-order valence-electron chi connectivity index (χ0n) is 52.1. The van der Waals surface area contributed by atoms with Crippen molar-refractivity contribution < 1.29 is 81.9 Å². The number of hydrogen-bond acceptors (Lipinski definition) is 24. The second-order valence-electron chi connectivity index (χ2n) is 18.5. The van der Waals surface area contributed by atoms with Gasteiger partial charge in [-0.05, 0) is 165 Å². The maximum Gasteiger partial charge on any atom is 0.502 e. The fourth-order valence-corrected chi connectivity index (χ4v) is 16.3. The lowest BCUT2D eigenvalue weighted by atomic mass is 10.5. The molecule has 0 unspecified atom stereocenters. The zero-order valence-corrected chi connectivity index (χ0v) is 58.1. The maximum absolute atomic E-state index is 8.56. The fourth-order valence-electron chi connectivity index (χ4n) is 6.07. The third-order valence-corrected chi connectivity index (χ3v) is 23.6. The molecule has 0 fully saturated rings. The van der Waals surface area contributed by atoms with E-state index >= 15 is 0 Å². The van der Waals surface area contributed by atoms with Gasteiger partial charge in [0.05, 0.1) is 0 Å². The van der Waals surface area contributed by atoms with Gasteiger partial charge in [0.1, 0.15) is 0 Å². The number of nitrogens with zero attached hydrogens (tertiary/aromatic N) is 6. The van der Waals surface area contributed by atoms with E-state index in [1.54, 1.807) is 61.7 Å². The quantitative estimate of drug-likeness (QED) is 0.0483. The summed E-state index contributed by atoms with van der Waals surface area (Å²) in [5.41, 5.74) is 0. The zero-order chi connectivity index (χ0) is 59.8. The van der Waals surface area contributed by atoms with E-state index in [9.17, 15) is 0 Å². The van der Waals surface area contributed by atoms with Crippen LogP contribution in [-0.2, 0) is 53.1 Å². The van der Waals surface area contributed by atoms with Crippen LogP contribution in [-0.4, -0.2) is 317 Å². The first kappa shape index (κ1) is 86.6. The minimum atomic E-state index is -3.76. The second-order valence-corrected chi connectivity index (χ2v) is 34.2. The Balaban J connectivity index is -0.000000192. The van der Waals surface area contributed by atoms with Crippen LogP contribution in [0.1, 0.15) is 60.8 Å². The van der Waals surface area contributed by atoms with Crippen LogP contribution in [0.2, 0.25) is 36.3 Å². The molecule has 30 heteroatoms. The van der Waals surface area contributed by atoms with Crippen LogP contribution in [0.25, 0.3) is 0 Å². The van der Waals surface area contributed by atoms with E-state index < -0.39 is 52.8 Å². The molecule has 0 saturated carbocycles. The predicted molar refractivity (Wildman–Crippen MR) is 314 cm³/mol. The summed E-state index contributed by atoms with van der Waals surface area (Å²) in [4.78, 5) is 63.4. The molecule has 0 aromatic heterocycles. The molecule has 0 amide bonds. The third kappa shape index (κ3) is 58.8. The average molecular weight is 1200 g/mol. The smallest absolute Gasteiger partial charge is 0.390 e. The molecule has 24 nitrogen and oxygen atoms in total. The van der Waals surface area contributed by atoms with E-state index in [4.69, 9.17) is 81.9 Å². The predicted octanol–water partition coefficient (Wildman–Crippen LogP) is 2.14. The SMILES string of the molecule is CCO[Si](CCCN(C)C)(OCC)OCC.CCO[Si](CCN(C)C)(OCC)OCC.CN(C)CCC[Si](O)(O)O.CN(C)CC[Si](O)(O)O.CO[Si](CCCN(C)C)(OC)OC.CO[Si](CCN(C)C)(OC)OC. The minimum absolute atomic E-state index is 0.0833. The van der Waals surface area contributed by atoms with Crippen molar-refractivity contribution in [2.24, 2.45) is 0 Å². The Morgan fingerprint density at radius 2 is 0.440 bits per heavy atom. The van der Waals surface area contributed by atoms with Crippen molar-refractivity contribution in [1.29, 1.82) is 0 Å². The molecule has 0 spiro atoms. The Morgan fingerprint density at radius 3 is 0.640 bits per heavy atom. The lowest BCUT2D eigenvalue weighted by Crippen LogP contribution is -2.47. The van der Waals surface area contributed by atoms with E-state index in [1.165, 1.54) is 0 Å². The van der Waals surface area contributed by atoms with E-state index in [2.05, 4.69) is 47.8 Å². The average Bonchev–Trinajstić information content (AvgIpc) is 3.30. The van der Waals surface area contributed by atoms with Gasteiger partial charge in [-0.2, -0.15) is 0 Å². The van der Waals surface area contributed by atoms with Crippen LogP contribution in [0.4, 0.5) is 0 Å². The van der Waals surface area contributed by atoms with Crippen molar-refractivity contribution in [2.45, 2.75) is 97.1 Å². The van der Waals surface area contributed by atoms with Crippen molar-refractivity contribution in [3.05, 3.63) is 0 Å². The normalized spacial score (nSPS) is 12.5. The van der Waals surface area contributed by atoms with Gasteiger partial charge in [-0.15, -0.1) is 0 Å². The Kier molecular flexibility index (Phi) is 60.5. The monoisotopic (exact) mass is 1200 g/mol. The Hall–Kier alpha value is 0.341. The van der Waals surface area contributed by atoms with Crippen LogP contribution in [0, 0.1) is 0 Å². The topological polar surface area (TPSA) is 252 Å². The van der Waals surface area contributed by atoms with Gasteiger partial charge in [0.2, 0.25) is 0 Å². The van der Waals surface area contributed by atoms with Gasteiger partial charge in [-0.1, -0.05) is 0 Å². The molecule has 0 aliphatic rings. The van der Waals surface area contributed by atoms with Crippen molar-refractivity contribution in [2.75, 3.05) is 206 Å². The molecule has 0 aromatic rings. The van der Waals surface area contributed by atoms with Gasteiger partial charge in [0, 0.05) is 138 Å². The molecule has 0 aliphatic carbocycles. The highest BCUT2D eigenvalue weighted by Gasteiger charge is 2.41. The summed E-state index contributed by atoms with van der Waals surface area (Å²) in [6, 6.07) is 3.67. The Bertz CT molecular complexity index is 1140. The molecule has 0 bridgehead atoms. The number of rotatable bonds is 39. The van der Waals surface area contributed by atoms with Gasteiger partial charge in [0.25, 0.3) is 0 Å². The van der Waals surface area contributed by atoms with Gasteiger partial charge >= 0.3 is 52.8 Å². The molecule has 0 rings (SSSR count). The number of hydrogen-bond donors (Lipinski definition) is 6. The third-order valence-electron chi connectivity index (χ3n) is 9.97.